The van der Waals surface area contributed by atoms with E-state index in [1.165, 1.54) is 12.1 Å². The minimum absolute atomic E-state index is 0.211. The highest BCUT2D eigenvalue weighted by molar-refractivity contribution is 6.02. The topological polar surface area (TPSA) is 66.9 Å². The van der Waals surface area contributed by atoms with Crippen LogP contribution in [0.3, 0.4) is 0 Å². The van der Waals surface area contributed by atoms with Crippen LogP contribution in [0.4, 0.5) is 21.6 Å². The number of anilines is 3. The molecule has 0 unspecified atom stereocenters. The molecule has 0 fully saturated rings. The number of halogens is 1. The number of aromatic nitrogens is 2. The van der Waals surface area contributed by atoms with Crippen molar-refractivity contribution in [1.29, 1.82) is 0 Å². The van der Waals surface area contributed by atoms with Crippen LogP contribution in [0.5, 0.6) is 0 Å². The van der Waals surface area contributed by atoms with Crippen molar-refractivity contribution >= 4 is 23.1 Å². The van der Waals surface area contributed by atoms with E-state index in [4.69, 9.17) is 0 Å². The Morgan fingerprint density at radius 2 is 1.60 bits per heavy atom. The predicted molar refractivity (Wildman–Crippen MR) is 95.6 cm³/mol. The van der Waals surface area contributed by atoms with Gasteiger partial charge in [0, 0.05) is 11.4 Å². The van der Waals surface area contributed by atoms with E-state index < -0.39 is 0 Å². The molecule has 3 rings (SSSR count). The quantitative estimate of drug-likeness (QED) is 0.748. The molecule has 0 spiro atoms. The first kappa shape index (κ1) is 16.6. The molecule has 1 aromatic heterocycles. The summed E-state index contributed by atoms with van der Waals surface area (Å²) in [6.45, 7) is 4.00. The summed E-state index contributed by atoms with van der Waals surface area (Å²) < 4.78 is 12.9. The summed E-state index contributed by atoms with van der Waals surface area (Å²) in [4.78, 5) is 12.2. The minimum atomic E-state index is -0.330. The second kappa shape index (κ2) is 7.09. The largest absolute Gasteiger partial charge is 0.339 e. The van der Waals surface area contributed by atoms with E-state index in [-0.39, 0.29) is 17.4 Å². The lowest BCUT2D eigenvalue weighted by atomic mass is 10.1. The standard InChI is InChI=1S/C19H17FN4O/c1-12-3-6-16(11-13(12)2)22-19(25)17-9-10-18(24-23-17)21-15-7-4-14(20)5-8-15/h3-11H,1-2H3,(H,21,24)(H,22,25). The van der Waals surface area contributed by atoms with Gasteiger partial charge in [0.2, 0.25) is 0 Å². The van der Waals surface area contributed by atoms with Gasteiger partial charge in [-0.25, -0.2) is 4.39 Å². The van der Waals surface area contributed by atoms with Crippen molar-refractivity contribution in [2.24, 2.45) is 0 Å². The van der Waals surface area contributed by atoms with Gasteiger partial charge >= 0.3 is 0 Å². The van der Waals surface area contributed by atoms with Gasteiger partial charge in [0.1, 0.15) is 5.82 Å². The van der Waals surface area contributed by atoms with Crippen LogP contribution < -0.4 is 10.6 Å². The fraction of sp³-hybridized carbons (Fsp3) is 0.105. The van der Waals surface area contributed by atoms with E-state index in [1.807, 2.05) is 32.0 Å². The van der Waals surface area contributed by atoms with Gasteiger partial charge in [-0.05, 0) is 73.5 Å². The van der Waals surface area contributed by atoms with Crippen LogP contribution in [-0.2, 0) is 0 Å². The first-order chi connectivity index (χ1) is 12.0. The molecule has 2 aromatic carbocycles. The highest BCUT2D eigenvalue weighted by Gasteiger charge is 2.09. The van der Waals surface area contributed by atoms with Crippen molar-refractivity contribution in [2.45, 2.75) is 13.8 Å². The molecule has 0 aliphatic carbocycles. The molecule has 0 aliphatic heterocycles. The van der Waals surface area contributed by atoms with Gasteiger partial charge in [0.25, 0.3) is 5.91 Å². The Labute approximate surface area is 144 Å². The molecule has 0 saturated heterocycles. The molecule has 25 heavy (non-hydrogen) atoms. The number of nitrogens with zero attached hydrogens (tertiary/aromatic N) is 2. The first-order valence-electron chi connectivity index (χ1n) is 7.76. The fourth-order valence-corrected chi connectivity index (χ4v) is 2.22. The Morgan fingerprint density at radius 3 is 2.24 bits per heavy atom. The van der Waals surface area contributed by atoms with Gasteiger partial charge in [0.05, 0.1) is 0 Å². The summed E-state index contributed by atoms with van der Waals surface area (Å²) in [6.07, 6.45) is 0. The molecule has 0 atom stereocenters. The number of hydrogen-bond acceptors (Lipinski definition) is 4. The Balaban J connectivity index is 1.67. The van der Waals surface area contributed by atoms with Crippen molar-refractivity contribution < 1.29 is 9.18 Å². The summed E-state index contributed by atoms with van der Waals surface area (Å²) in [5.41, 5.74) is 3.87. The average molecular weight is 336 g/mol. The number of hydrogen-bond donors (Lipinski definition) is 2. The normalized spacial score (nSPS) is 10.4. The van der Waals surface area contributed by atoms with Crippen LogP contribution in [0.15, 0.2) is 54.6 Å². The smallest absolute Gasteiger partial charge is 0.276 e. The molecule has 6 heteroatoms. The second-order valence-electron chi connectivity index (χ2n) is 5.69. The molecular weight excluding hydrogens is 319 g/mol. The van der Waals surface area contributed by atoms with Crippen LogP contribution in [0.25, 0.3) is 0 Å². The summed E-state index contributed by atoms with van der Waals surface area (Å²) in [7, 11) is 0. The average Bonchev–Trinajstić information content (AvgIpc) is 2.61. The van der Waals surface area contributed by atoms with Crippen LogP contribution in [0.1, 0.15) is 21.6 Å². The SMILES string of the molecule is Cc1ccc(NC(=O)c2ccc(Nc3ccc(F)cc3)nn2)cc1C. The summed E-state index contributed by atoms with van der Waals surface area (Å²) >= 11 is 0. The highest BCUT2D eigenvalue weighted by Crippen LogP contribution is 2.16. The molecular formula is C19H17FN4O. The van der Waals surface area contributed by atoms with Crippen molar-refractivity contribution in [1.82, 2.24) is 10.2 Å². The number of rotatable bonds is 4. The predicted octanol–water partition coefficient (Wildman–Crippen LogP) is 4.23. The third-order valence-electron chi connectivity index (χ3n) is 3.78. The molecule has 126 valence electrons. The van der Waals surface area contributed by atoms with E-state index >= 15 is 0 Å². The Hall–Kier alpha value is -3.28. The summed E-state index contributed by atoms with van der Waals surface area (Å²) in [5.74, 6) is -0.173. The number of benzene rings is 2. The molecule has 0 saturated carbocycles. The summed E-state index contributed by atoms with van der Waals surface area (Å²) in [6, 6.07) is 14.8. The van der Waals surface area contributed by atoms with Crippen molar-refractivity contribution in [3.8, 4) is 0 Å². The Morgan fingerprint density at radius 1 is 0.880 bits per heavy atom. The maximum absolute atomic E-state index is 12.9. The van der Waals surface area contributed by atoms with E-state index in [0.29, 0.717) is 17.2 Å². The third kappa shape index (κ3) is 4.17. The molecule has 0 radical (unpaired) electrons. The zero-order valence-electron chi connectivity index (χ0n) is 13.9. The van der Waals surface area contributed by atoms with E-state index in [9.17, 15) is 9.18 Å². The molecule has 0 aliphatic rings. The number of nitrogens with one attached hydrogen (secondary N) is 2. The van der Waals surface area contributed by atoms with E-state index in [0.717, 1.165) is 11.1 Å². The molecule has 5 nitrogen and oxygen atoms in total. The lowest BCUT2D eigenvalue weighted by Gasteiger charge is -2.08. The van der Waals surface area contributed by atoms with E-state index in [2.05, 4.69) is 20.8 Å². The van der Waals surface area contributed by atoms with Crippen LogP contribution in [0, 0.1) is 19.7 Å². The van der Waals surface area contributed by atoms with Gasteiger partial charge in [-0.1, -0.05) is 6.07 Å². The lowest BCUT2D eigenvalue weighted by Crippen LogP contribution is -2.14. The number of aryl methyl sites for hydroxylation is 2. The lowest BCUT2D eigenvalue weighted by molar-refractivity contribution is 0.102. The van der Waals surface area contributed by atoms with Gasteiger partial charge in [0.15, 0.2) is 11.5 Å². The second-order valence-corrected chi connectivity index (χ2v) is 5.69. The van der Waals surface area contributed by atoms with Gasteiger partial charge in [-0.3, -0.25) is 4.79 Å². The minimum Gasteiger partial charge on any atom is -0.339 e. The fourth-order valence-electron chi connectivity index (χ4n) is 2.22. The van der Waals surface area contributed by atoms with E-state index in [1.54, 1.807) is 24.3 Å². The number of carbonyl (C=O) groups is 1. The first-order valence-corrected chi connectivity index (χ1v) is 7.76. The van der Waals surface area contributed by atoms with Gasteiger partial charge in [-0.2, -0.15) is 0 Å². The zero-order chi connectivity index (χ0) is 17.8. The monoisotopic (exact) mass is 336 g/mol. The summed E-state index contributed by atoms with van der Waals surface area (Å²) in [5, 5.41) is 13.7. The molecule has 2 N–H and O–H groups in total. The highest BCUT2D eigenvalue weighted by atomic mass is 19.1. The molecule has 3 aromatic rings. The maximum Gasteiger partial charge on any atom is 0.276 e. The third-order valence-corrected chi connectivity index (χ3v) is 3.78. The number of amides is 1. The van der Waals surface area contributed by atoms with Crippen molar-refractivity contribution in [3.63, 3.8) is 0 Å². The zero-order valence-corrected chi connectivity index (χ0v) is 13.9. The van der Waals surface area contributed by atoms with Gasteiger partial charge < -0.3 is 10.6 Å². The van der Waals surface area contributed by atoms with Gasteiger partial charge in [-0.15, -0.1) is 10.2 Å². The molecule has 1 amide bonds. The Bertz CT molecular complexity index is 892. The number of carbonyl (C=O) groups excluding carboxylic acids is 1. The van der Waals surface area contributed by atoms with Crippen LogP contribution >= 0.6 is 0 Å². The van der Waals surface area contributed by atoms with Crippen molar-refractivity contribution in [3.05, 3.63) is 77.2 Å². The molecule has 1 heterocycles. The van der Waals surface area contributed by atoms with Crippen LogP contribution in [-0.4, -0.2) is 16.1 Å². The Kier molecular flexibility index (Phi) is 4.70. The van der Waals surface area contributed by atoms with Crippen molar-refractivity contribution in [2.75, 3.05) is 10.6 Å². The van der Waals surface area contributed by atoms with Crippen LogP contribution in [0.2, 0.25) is 0 Å². The maximum atomic E-state index is 12.9. The molecule has 0 bridgehead atoms.